The number of hydrogen-bond acceptors (Lipinski definition) is 2. The van der Waals surface area contributed by atoms with Crippen LogP contribution in [0.3, 0.4) is 0 Å². The second-order valence-corrected chi connectivity index (χ2v) is 3.00. The van der Waals surface area contributed by atoms with Crippen molar-refractivity contribution in [2.45, 2.75) is 6.92 Å². The zero-order chi connectivity index (χ0) is 10.0. The minimum Gasteiger partial charge on any atom is -0.267 e. The van der Waals surface area contributed by atoms with Gasteiger partial charge in [0.2, 0.25) is 0 Å². The number of allylic oxidation sites excluding steroid dienone is 1. The second kappa shape index (κ2) is 3.39. The monoisotopic (exact) mass is 176 g/mol. The van der Waals surface area contributed by atoms with Crippen molar-refractivity contribution >= 4 is 12.7 Å². The smallest absolute Gasteiger partial charge is 0.267 e. The van der Waals surface area contributed by atoms with Crippen LogP contribution in [-0.2, 0) is 7.05 Å². The Labute approximate surface area is 76.3 Å². The Hall–Kier alpha value is -1.64. The van der Waals surface area contributed by atoms with E-state index < -0.39 is 0 Å². The molecule has 0 bridgehead atoms. The lowest BCUT2D eigenvalue weighted by Gasteiger charge is -1.94. The fraction of sp³-hybridized carbons (Fsp3) is 0.200. The van der Waals surface area contributed by atoms with Crippen LogP contribution in [0.15, 0.2) is 23.1 Å². The van der Waals surface area contributed by atoms with Gasteiger partial charge in [0.25, 0.3) is 5.56 Å². The quantitative estimate of drug-likeness (QED) is 0.580. The molecular formula is C10H12N2O. The van der Waals surface area contributed by atoms with Crippen molar-refractivity contribution in [2.24, 2.45) is 7.05 Å². The van der Waals surface area contributed by atoms with E-state index in [0.717, 1.165) is 5.57 Å². The molecule has 0 spiro atoms. The average Bonchev–Trinajstić information content (AvgIpc) is 2.05. The fourth-order valence-electron chi connectivity index (χ4n) is 0.991. The van der Waals surface area contributed by atoms with Gasteiger partial charge in [0, 0.05) is 17.5 Å². The summed E-state index contributed by atoms with van der Waals surface area (Å²) < 4.78 is 1.28. The maximum atomic E-state index is 11.5. The van der Waals surface area contributed by atoms with Crippen LogP contribution >= 0.6 is 0 Å². The standard InChI is InChI=1S/C10H12N2O/c1-7(2)5-9-8(3)6-11-12(4)10(9)13/h5-6H,1,3H2,2,4H3/b9-5+. The van der Waals surface area contributed by atoms with Crippen molar-refractivity contribution in [1.82, 2.24) is 9.78 Å². The lowest BCUT2D eigenvalue weighted by atomic mass is 10.2. The van der Waals surface area contributed by atoms with Crippen molar-refractivity contribution in [2.75, 3.05) is 0 Å². The molecule has 3 nitrogen and oxygen atoms in total. The second-order valence-electron chi connectivity index (χ2n) is 3.00. The SMILES string of the molecule is C=C(C)/C=c1\c(=C)cnn(C)c1=O. The highest BCUT2D eigenvalue weighted by Crippen LogP contribution is 1.83. The van der Waals surface area contributed by atoms with Crippen molar-refractivity contribution in [3.05, 3.63) is 39.1 Å². The van der Waals surface area contributed by atoms with Gasteiger partial charge in [-0.2, -0.15) is 5.10 Å². The molecule has 0 atom stereocenters. The Morgan fingerprint density at radius 1 is 1.69 bits per heavy atom. The van der Waals surface area contributed by atoms with Crippen LogP contribution in [0.25, 0.3) is 12.7 Å². The van der Waals surface area contributed by atoms with Gasteiger partial charge in [-0.05, 0) is 13.0 Å². The lowest BCUT2D eigenvalue weighted by Crippen LogP contribution is -2.44. The van der Waals surface area contributed by atoms with E-state index in [-0.39, 0.29) is 5.56 Å². The molecule has 1 aromatic rings. The molecule has 0 aliphatic carbocycles. The predicted octanol–water partition coefficient (Wildman–Crippen LogP) is -0.453. The Morgan fingerprint density at radius 3 is 2.85 bits per heavy atom. The number of aromatic nitrogens is 2. The van der Waals surface area contributed by atoms with Gasteiger partial charge in [-0.25, -0.2) is 4.68 Å². The molecule has 0 saturated carbocycles. The van der Waals surface area contributed by atoms with Crippen LogP contribution in [0.4, 0.5) is 0 Å². The summed E-state index contributed by atoms with van der Waals surface area (Å²) in [5, 5.41) is 5.03. The van der Waals surface area contributed by atoms with E-state index in [2.05, 4.69) is 18.3 Å². The molecule has 1 rings (SSSR count). The maximum absolute atomic E-state index is 11.5. The van der Waals surface area contributed by atoms with E-state index in [0.29, 0.717) is 10.4 Å². The summed E-state index contributed by atoms with van der Waals surface area (Å²) in [6.45, 7) is 9.27. The normalized spacial score (nSPS) is 11.7. The first-order chi connectivity index (χ1) is 6.02. The Kier molecular flexibility index (Phi) is 2.46. The topological polar surface area (TPSA) is 34.9 Å². The lowest BCUT2D eigenvalue weighted by molar-refractivity contribution is 0.697. The maximum Gasteiger partial charge on any atom is 0.274 e. The Balaban J connectivity index is 3.73. The van der Waals surface area contributed by atoms with Gasteiger partial charge in [0.15, 0.2) is 0 Å². The highest BCUT2D eigenvalue weighted by atomic mass is 16.1. The molecule has 0 N–H and O–H groups in total. The summed E-state index contributed by atoms with van der Waals surface area (Å²) in [4.78, 5) is 11.5. The van der Waals surface area contributed by atoms with Crippen LogP contribution in [0.5, 0.6) is 0 Å². The molecule has 0 saturated heterocycles. The van der Waals surface area contributed by atoms with Crippen LogP contribution in [0.2, 0.25) is 0 Å². The molecule has 1 heterocycles. The van der Waals surface area contributed by atoms with Crippen LogP contribution in [-0.4, -0.2) is 9.78 Å². The Bertz CT molecular complexity index is 497. The van der Waals surface area contributed by atoms with Crippen molar-refractivity contribution in [3.8, 4) is 0 Å². The molecule has 68 valence electrons. The highest BCUT2D eigenvalue weighted by Gasteiger charge is 1.93. The zero-order valence-electron chi connectivity index (χ0n) is 7.87. The Morgan fingerprint density at radius 2 is 2.31 bits per heavy atom. The van der Waals surface area contributed by atoms with Gasteiger partial charge < -0.3 is 0 Å². The number of nitrogens with zero attached hydrogens (tertiary/aromatic N) is 2. The zero-order valence-corrected chi connectivity index (χ0v) is 7.87. The largest absolute Gasteiger partial charge is 0.274 e. The predicted molar refractivity (Wildman–Crippen MR) is 53.5 cm³/mol. The van der Waals surface area contributed by atoms with E-state index in [1.807, 2.05) is 6.92 Å². The van der Waals surface area contributed by atoms with Crippen LogP contribution in [0.1, 0.15) is 6.92 Å². The summed E-state index contributed by atoms with van der Waals surface area (Å²) in [6, 6.07) is 0. The van der Waals surface area contributed by atoms with E-state index in [4.69, 9.17) is 0 Å². The van der Waals surface area contributed by atoms with Gasteiger partial charge in [-0.1, -0.05) is 18.7 Å². The van der Waals surface area contributed by atoms with Crippen molar-refractivity contribution < 1.29 is 0 Å². The first kappa shape index (κ1) is 9.45. The summed E-state index contributed by atoms with van der Waals surface area (Å²) in [5.74, 6) is 0. The molecule has 0 aliphatic heterocycles. The van der Waals surface area contributed by atoms with E-state index >= 15 is 0 Å². The molecular weight excluding hydrogens is 164 g/mol. The number of aryl methyl sites for hydroxylation is 1. The van der Waals surface area contributed by atoms with Gasteiger partial charge in [0.1, 0.15) is 0 Å². The van der Waals surface area contributed by atoms with Crippen molar-refractivity contribution in [1.29, 1.82) is 0 Å². The third kappa shape index (κ3) is 1.93. The molecule has 0 aliphatic rings. The molecule has 0 amide bonds. The summed E-state index contributed by atoms with van der Waals surface area (Å²) in [7, 11) is 1.61. The summed E-state index contributed by atoms with van der Waals surface area (Å²) in [5.41, 5.74) is 0.684. The van der Waals surface area contributed by atoms with Crippen LogP contribution < -0.4 is 16.0 Å². The van der Waals surface area contributed by atoms with Gasteiger partial charge in [0.05, 0.1) is 6.20 Å². The first-order valence-electron chi connectivity index (χ1n) is 3.91. The average molecular weight is 176 g/mol. The highest BCUT2D eigenvalue weighted by molar-refractivity contribution is 5.42. The van der Waals surface area contributed by atoms with Gasteiger partial charge in [-0.3, -0.25) is 4.79 Å². The summed E-state index contributed by atoms with van der Waals surface area (Å²) >= 11 is 0. The molecule has 0 radical (unpaired) electrons. The number of hydrogen-bond donors (Lipinski definition) is 0. The van der Waals surface area contributed by atoms with E-state index in [9.17, 15) is 4.79 Å². The molecule has 13 heavy (non-hydrogen) atoms. The third-order valence-electron chi connectivity index (χ3n) is 1.65. The minimum atomic E-state index is -0.143. The van der Waals surface area contributed by atoms with Crippen molar-refractivity contribution in [3.63, 3.8) is 0 Å². The summed E-state index contributed by atoms with van der Waals surface area (Å²) in [6.07, 6.45) is 3.28. The first-order valence-corrected chi connectivity index (χ1v) is 3.91. The third-order valence-corrected chi connectivity index (χ3v) is 1.65. The van der Waals surface area contributed by atoms with Gasteiger partial charge in [-0.15, -0.1) is 0 Å². The molecule has 1 aromatic heterocycles. The van der Waals surface area contributed by atoms with Gasteiger partial charge >= 0.3 is 0 Å². The fourth-order valence-corrected chi connectivity index (χ4v) is 0.991. The number of rotatable bonds is 1. The van der Waals surface area contributed by atoms with Crippen LogP contribution in [0, 0.1) is 0 Å². The minimum absolute atomic E-state index is 0.143. The van der Waals surface area contributed by atoms with E-state index in [1.54, 1.807) is 19.3 Å². The molecule has 0 fully saturated rings. The molecule has 0 aromatic carbocycles. The molecule has 3 heteroatoms. The van der Waals surface area contributed by atoms with E-state index in [1.165, 1.54) is 4.68 Å². The molecule has 0 unspecified atom stereocenters.